The zero-order valence-corrected chi connectivity index (χ0v) is 13.9. The Balaban J connectivity index is 2.41. The normalized spacial score (nSPS) is 12.4. The van der Waals surface area contributed by atoms with Gasteiger partial charge in [0.25, 0.3) is 0 Å². The van der Waals surface area contributed by atoms with Crippen LogP contribution in [0.3, 0.4) is 0 Å². The third-order valence-corrected chi connectivity index (χ3v) is 3.91. The zero-order valence-electron chi connectivity index (χ0n) is 12.3. The number of nitrogens with one attached hydrogen (secondary N) is 1. The van der Waals surface area contributed by atoms with E-state index in [1.54, 1.807) is 0 Å². The molecular weight excluding hydrogens is 312 g/mol. The highest BCUT2D eigenvalue weighted by molar-refractivity contribution is 9.10. The summed E-state index contributed by atoms with van der Waals surface area (Å²) < 4.78 is 1.11. The minimum Gasteiger partial charge on any atom is -0.306 e. The highest BCUT2D eigenvalue weighted by Crippen LogP contribution is 2.27. The van der Waals surface area contributed by atoms with E-state index in [-0.39, 0.29) is 6.04 Å². The fraction of sp³-hybridized carbons (Fsp3) is 0.353. The lowest BCUT2D eigenvalue weighted by atomic mass is 9.96. The number of aromatic nitrogens is 1. The quantitative estimate of drug-likeness (QED) is 0.868. The third-order valence-electron chi connectivity index (χ3n) is 3.42. The molecule has 0 radical (unpaired) electrons. The molecule has 0 fully saturated rings. The summed E-state index contributed by atoms with van der Waals surface area (Å²) in [6, 6.07) is 10.9. The number of hydrogen-bond acceptors (Lipinski definition) is 2. The Morgan fingerprint density at radius 1 is 1.20 bits per heavy atom. The average Bonchev–Trinajstić information content (AvgIpc) is 2.44. The number of rotatable bonds is 5. The van der Waals surface area contributed by atoms with Crippen LogP contribution in [-0.2, 0) is 0 Å². The van der Waals surface area contributed by atoms with Crippen molar-refractivity contribution in [2.45, 2.75) is 33.2 Å². The van der Waals surface area contributed by atoms with Crippen molar-refractivity contribution in [3.05, 3.63) is 63.4 Å². The largest absolute Gasteiger partial charge is 0.306 e. The van der Waals surface area contributed by atoms with Gasteiger partial charge in [0, 0.05) is 16.4 Å². The molecule has 3 heteroatoms. The zero-order chi connectivity index (χ0) is 14.5. The molecule has 0 saturated carbocycles. The summed E-state index contributed by atoms with van der Waals surface area (Å²) >= 11 is 3.57. The summed E-state index contributed by atoms with van der Waals surface area (Å²) in [5.74, 6) is 0. The molecular formula is C17H21BrN2. The van der Waals surface area contributed by atoms with Gasteiger partial charge in [-0.25, -0.2) is 0 Å². The fourth-order valence-corrected chi connectivity index (χ4v) is 2.65. The van der Waals surface area contributed by atoms with Crippen LogP contribution < -0.4 is 5.32 Å². The first kappa shape index (κ1) is 15.2. The van der Waals surface area contributed by atoms with Crippen molar-refractivity contribution < 1.29 is 0 Å². The maximum absolute atomic E-state index is 4.43. The van der Waals surface area contributed by atoms with E-state index in [0.717, 1.165) is 23.1 Å². The summed E-state index contributed by atoms with van der Waals surface area (Å²) in [5, 5.41) is 3.63. The molecule has 106 valence electrons. The molecule has 0 saturated heterocycles. The van der Waals surface area contributed by atoms with Crippen molar-refractivity contribution in [3.63, 3.8) is 0 Å². The predicted octanol–water partition coefficient (Wildman–Crippen LogP) is 4.55. The summed E-state index contributed by atoms with van der Waals surface area (Å²) in [6.45, 7) is 7.35. The molecule has 2 nitrogen and oxygen atoms in total. The van der Waals surface area contributed by atoms with Crippen LogP contribution in [0.25, 0.3) is 0 Å². The average molecular weight is 333 g/mol. The number of benzene rings is 1. The standard InChI is InChI=1S/C17H21BrN2/c1-4-9-19-17(14-7-6-13(3)20-11-14)16-10-15(18)8-5-12(16)2/h5-8,10-11,17,19H,4,9H2,1-3H3. The number of halogens is 1. The van der Waals surface area contributed by atoms with Gasteiger partial charge >= 0.3 is 0 Å². The monoisotopic (exact) mass is 332 g/mol. The molecule has 1 aromatic carbocycles. The Morgan fingerprint density at radius 3 is 2.65 bits per heavy atom. The van der Waals surface area contributed by atoms with Crippen molar-refractivity contribution in [2.24, 2.45) is 0 Å². The second-order valence-electron chi connectivity index (χ2n) is 5.12. The van der Waals surface area contributed by atoms with Crippen molar-refractivity contribution >= 4 is 15.9 Å². The molecule has 1 atom stereocenters. The Bertz CT molecular complexity index is 564. The SMILES string of the molecule is CCCNC(c1ccc(C)nc1)c1cc(Br)ccc1C. The summed E-state index contributed by atoms with van der Waals surface area (Å²) in [4.78, 5) is 4.43. The molecule has 1 N–H and O–H groups in total. The van der Waals surface area contributed by atoms with E-state index < -0.39 is 0 Å². The molecule has 2 rings (SSSR count). The molecule has 0 spiro atoms. The van der Waals surface area contributed by atoms with E-state index >= 15 is 0 Å². The van der Waals surface area contributed by atoms with Crippen LogP contribution in [0.5, 0.6) is 0 Å². The van der Waals surface area contributed by atoms with Gasteiger partial charge in [0.2, 0.25) is 0 Å². The second-order valence-corrected chi connectivity index (χ2v) is 6.04. The van der Waals surface area contributed by atoms with Gasteiger partial charge in [-0.2, -0.15) is 0 Å². The second kappa shape index (κ2) is 7.00. The molecule has 0 amide bonds. The number of hydrogen-bond donors (Lipinski definition) is 1. The van der Waals surface area contributed by atoms with E-state index in [9.17, 15) is 0 Å². The smallest absolute Gasteiger partial charge is 0.0594 e. The first-order valence-electron chi connectivity index (χ1n) is 7.03. The van der Waals surface area contributed by atoms with Crippen molar-refractivity contribution in [1.82, 2.24) is 10.3 Å². The Labute approximate surface area is 129 Å². The lowest BCUT2D eigenvalue weighted by Gasteiger charge is -2.21. The Hall–Kier alpha value is -1.19. The topological polar surface area (TPSA) is 24.9 Å². The fourth-order valence-electron chi connectivity index (χ4n) is 2.27. The van der Waals surface area contributed by atoms with Crippen molar-refractivity contribution in [2.75, 3.05) is 6.54 Å². The first-order valence-corrected chi connectivity index (χ1v) is 7.83. The molecule has 0 aliphatic heterocycles. The van der Waals surface area contributed by atoms with Gasteiger partial charge in [0.05, 0.1) is 6.04 Å². The maximum Gasteiger partial charge on any atom is 0.0594 e. The van der Waals surface area contributed by atoms with E-state index in [2.05, 4.69) is 70.4 Å². The minimum absolute atomic E-state index is 0.195. The minimum atomic E-state index is 0.195. The van der Waals surface area contributed by atoms with Crippen LogP contribution in [0.2, 0.25) is 0 Å². The van der Waals surface area contributed by atoms with Crippen molar-refractivity contribution in [3.8, 4) is 0 Å². The molecule has 0 aliphatic rings. The highest BCUT2D eigenvalue weighted by atomic mass is 79.9. The number of pyridine rings is 1. The van der Waals surface area contributed by atoms with Gasteiger partial charge in [-0.3, -0.25) is 4.98 Å². The summed E-state index contributed by atoms with van der Waals surface area (Å²) in [5.41, 5.74) is 4.86. The van der Waals surface area contributed by atoms with Gasteiger partial charge < -0.3 is 5.32 Å². The van der Waals surface area contributed by atoms with Crippen molar-refractivity contribution in [1.29, 1.82) is 0 Å². The Morgan fingerprint density at radius 2 is 2.00 bits per heavy atom. The first-order chi connectivity index (χ1) is 9.61. The van der Waals surface area contributed by atoms with Crippen LogP contribution in [0, 0.1) is 13.8 Å². The lowest BCUT2D eigenvalue weighted by molar-refractivity contribution is 0.594. The van der Waals surface area contributed by atoms with E-state index in [1.807, 2.05) is 13.1 Å². The maximum atomic E-state index is 4.43. The molecule has 1 unspecified atom stereocenters. The molecule has 20 heavy (non-hydrogen) atoms. The van der Waals surface area contributed by atoms with Crippen LogP contribution in [-0.4, -0.2) is 11.5 Å². The van der Waals surface area contributed by atoms with Crippen LogP contribution >= 0.6 is 15.9 Å². The van der Waals surface area contributed by atoms with E-state index in [1.165, 1.54) is 16.7 Å². The number of nitrogens with zero attached hydrogens (tertiary/aromatic N) is 1. The predicted molar refractivity (Wildman–Crippen MR) is 88.0 cm³/mol. The van der Waals surface area contributed by atoms with E-state index in [0.29, 0.717) is 0 Å². The van der Waals surface area contributed by atoms with Gasteiger partial charge in [0.1, 0.15) is 0 Å². The molecule has 0 bridgehead atoms. The van der Waals surface area contributed by atoms with Gasteiger partial charge in [0.15, 0.2) is 0 Å². The highest BCUT2D eigenvalue weighted by Gasteiger charge is 2.16. The Kier molecular flexibility index (Phi) is 5.32. The molecule has 1 aromatic heterocycles. The molecule has 2 aromatic rings. The lowest BCUT2D eigenvalue weighted by Crippen LogP contribution is -2.24. The summed E-state index contributed by atoms with van der Waals surface area (Å²) in [6.07, 6.45) is 3.09. The van der Waals surface area contributed by atoms with Gasteiger partial charge in [-0.05, 0) is 61.7 Å². The molecule has 1 heterocycles. The summed E-state index contributed by atoms with van der Waals surface area (Å²) in [7, 11) is 0. The molecule has 0 aliphatic carbocycles. The van der Waals surface area contributed by atoms with Gasteiger partial charge in [-0.1, -0.05) is 35.0 Å². The van der Waals surface area contributed by atoms with Crippen LogP contribution in [0.15, 0.2) is 41.0 Å². The van der Waals surface area contributed by atoms with Crippen LogP contribution in [0.4, 0.5) is 0 Å². The number of aryl methyl sites for hydroxylation is 2. The van der Waals surface area contributed by atoms with Gasteiger partial charge in [-0.15, -0.1) is 0 Å². The van der Waals surface area contributed by atoms with Crippen LogP contribution in [0.1, 0.15) is 41.8 Å². The third kappa shape index (κ3) is 3.68. The van der Waals surface area contributed by atoms with E-state index in [4.69, 9.17) is 0 Å².